The molecule has 3 saturated heterocycles. The fraction of sp³-hybridized carbons (Fsp3) is 0.609. The van der Waals surface area contributed by atoms with Crippen molar-refractivity contribution in [2.75, 3.05) is 19.0 Å². The van der Waals surface area contributed by atoms with Gasteiger partial charge in [0.05, 0.1) is 40.8 Å². The lowest BCUT2D eigenvalue weighted by Gasteiger charge is -2.36. The molecule has 4 rings (SSSR count). The smallest absolute Gasteiger partial charge is 0.250 e. The molecule has 3 fully saturated rings. The lowest BCUT2D eigenvalue weighted by atomic mass is 9.66. The summed E-state index contributed by atoms with van der Waals surface area (Å²) in [5, 5.41) is 16.0. The predicted octanol–water partition coefficient (Wildman–Crippen LogP) is 1.87. The summed E-state index contributed by atoms with van der Waals surface area (Å²) < 4.78 is 6.48. The number of nitrogens with zero attached hydrogens (tertiary/aromatic N) is 1. The van der Waals surface area contributed by atoms with Crippen LogP contribution in [0, 0.1) is 18.8 Å². The molecule has 3 N–H and O–H groups in total. The third-order valence-electron chi connectivity index (χ3n) is 7.54. The van der Waals surface area contributed by atoms with Crippen LogP contribution in [0.3, 0.4) is 0 Å². The summed E-state index contributed by atoms with van der Waals surface area (Å²) in [7, 11) is 1.54. The maximum atomic E-state index is 13.8. The van der Waals surface area contributed by atoms with Gasteiger partial charge in [0.15, 0.2) is 0 Å². The molecule has 1 aromatic carbocycles. The van der Waals surface area contributed by atoms with E-state index in [0.29, 0.717) is 30.0 Å². The Morgan fingerprint density at radius 2 is 2.06 bits per heavy atom. The van der Waals surface area contributed by atoms with Crippen molar-refractivity contribution in [3.63, 3.8) is 0 Å². The second kappa shape index (κ2) is 8.01. The van der Waals surface area contributed by atoms with Crippen molar-refractivity contribution in [1.82, 2.24) is 10.2 Å². The molecule has 3 amide bonds. The van der Waals surface area contributed by atoms with Gasteiger partial charge >= 0.3 is 0 Å². The van der Waals surface area contributed by atoms with E-state index in [1.54, 1.807) is 12.1 Å². The Labute approximate surface area is 192 Å². The Morgan fingerprint density at radius 3 is 2.66 bits per heavy atom. The Bertz CT molecular complexity index is 947. The first-order valence-corrected chi connectivity index (χ1v) is 11.4. The Hall–Kier alpha value is -2.16. The number of hydrogen-bond donors (Lipinski definition) is 3. The number of rotatable bonds is 6. The molecule has 0 radical (unpaired) electrons. The zero-order chi connectivity index (χ0) is 23.4. The first-order valence-electron chi connectivity index (χ1n) is 11.1. The molecule has 174 valence electrons. The molecule has 3 aliphatic rings. The summed E-state index contributed by atoms with van der Waals surface area (Å²) in [6, 6.07) is 3.77. The van der Waals surface area contributed by atoms with Crippen LogP contribution in [-0.4, -0.2) is 64.7 Å². The minimum Gasteiger partial charge on any atom is -0.394 e. The van der Waals surface area contributed by atoms with Crippen LogP contribution in [0.15, 0.2) is 18.2 Å². The van der Waals surface area contributed by atoms with Crippen molar-refractivity contribution < 1.29 is 24.2 Å². The van der Waals surface area contributed by atoms with Crippen molar-refractivity contribution in [3.05, 3.63) is 28.8 Å². The molecule has 0 aromatic heterocycles. The van der Waals surface area contributed by atoms with Gasteiger partial charge in [0.1, 0.15) is 11.6 Å². The molecule has 32 heavy (non-hydrogen) atoms. The summed E-state index contributed by atoms with van der Waals surface area (Å²) in [6.07, 6.45) is 1.50. The molecule has 0 aliphatic carbocycles. The van der Waals surface area contributed by atoms with Crippen LogP contribution < -0.4 is 10.6 Å². The number of aliphatic hydroxyl groups is 1. The molecule has 6 atom stereocenters. The number of nitrogens with one attached hydrogen (secondary N) is 2. The molecule has 2 bridgehead atoms. The number of carbonyl (C=O) groups excluding carboxylic acids is 3. The highest BCUT2D eigenvalue weighted by Gasteiger charge is 2.78. The number of ether oxygens (including phenoxy) is 1. The zero-order valence-electron chi connectivity index (χ0n) is 18.8. The van der Waals surface area contributed by atoms with Gasteiger partial charge in [0, 0.05) is 7.05 Å². The van der Waals surface area contributed by atoms with Crippen LogP contribution in [0.5, 0.6) is 0 Å². The first kappa shape index (κ1) is 23.0. The molecular weight excluding hydrogens is 434 g/mol. The molecule has 9 heteroatoms. The van der Waals surface area contributed by atoms with Gasteiger partial charge < -0.3 is 25.4 Å². The third kappa shape index (κ3) is 3.07. The van der Waals surface area contributed by atoms with Gasteiger partial charge in [0.25, 0.3) is 0 Å². The Kier molecular flexibility index (Phi) is 5.76. The number of hydrogen-bond acceptors (Lipinski definition) is 5. The van der Waals surface area contributed by atoms with Crippen molar-refractivity contribution in [2.24, 2.45) is 11.8 Å². The van der Waals surface area contributed by atoms with Crippen LogP contribution in [-0.2, 0) is 19.1 Å². The van der Waals surface area contributed by atoms with Crippen LogP contribution in [0.25, 0.3) is 0 Å². The van der Waals surface area contributed by atoms with E-state index in [-0.39, 0.29) is 18.4 Å². The predicted molar refractivity (Wildman–Crippen MR) is 119 cm³/mol. The van der Waals surface area contributed by atoms with Gasteiger partial charge in [0.2, 0.25) is 17.7 Å². The lowest BCUT2D eigenvalue weighted by Crippen LogP contribution is -2.56. The SMILES string of the molecule is CC[C@@H](CO)N1C(=O)[C@@H]2[C@@H](C(=O)NC)[C@@]3(C)CCC2(O3)C1C(=O)Nc1c(C)cccc1Cl. The second-order valence-corrected chi connectivity index (χ2v) is 9.66. The number of aliphatic hydroxyl groups excluding tert-OH is 1. The second-order valence-electron chi connectivity index (χ2n) is 9.25. The van der Waals surface area contributed by atoms with Crippen molar-refractivity contribution >= 4 is 35.0 Å². The monoisotopic (exact) mass is 463 g/mol. The van der Waals surface area contributed by atoms with Gasteiger partial charge in [-0.3, -0.25) is 14.4 Å². The standard InChI is InChI=1S/C23H30ClN3O5/c1-5-13(11-28)27-18(20(30)26-17-12(2)7-6-8-14(17)24)23-10-9-22(3,32-23)15(19(29)25-4)16(23)21(27)31/h6-8,13,15-16,18,28H,5,9-11H2,1-4H3,(H,25,29)(H,26,30)/t13-,15-,16-,18?,22+,23?/m0/s1. The Balaban J connectivity index is 1.81. The summed E-state index contributed by atoms with van der Waals surface area (Å²) in [4.78, 5) is 41.8. The van der Waals surface area contributed by atoms with Crippen LogP contribution >= 0.6 is 11.6 Å². The van der Waals surface area contributed by atoms with E-state index < -0.39 is 41.0 Å². The third-order valence-corrected chi connectivity index (χ3v) is 7.85. The number of para-hydroxylation sites is 1. The number of carbonyl (C=O) groups is 3. The summed E-state index contributed by atoms with van der Waals surface area (Å²) >= 11 is 6.34. The molecule has 3 aliphatic heterocycles. The van der Waals surface area contributed by atoms with Crippen molar-refractivity contribution in [1.29, 1.82) is 0 Å². The Morgan fingerprint density at radius 1 is 1.34 bits per heavy atom. The number of anilines is 1. The molecule has 2 unspecified atom stereocenters. The van der Waals surface area contributed by atoms with Gasteiger partial charge in [-0.1, -0.05) is 30.7 Å². The van der Waals surface area contributed by atoms with Crippen molar-refractivity contribution in [2.45, 2.75) is 63.3 Å². The van der Waals surface area contributed by atoms with E-state index in [2.05, 4.69) is 10.6 Å². The number of fused-ring (bicyclic) bond motifs is 1. The fourth-order valence-corrected chi connectivity index (χ4v) is 6.28. The number of halogens is 1. The quantitative estimate of drug-likeness (QED) is 0.597. The number of amides is 3. The van der Waals surface area contributed by atoms with E-state index in [1.807, 2.05) is 26.8 Å². The maximum absolute atomic E-state index is 13.8. The number of aryl methyl sites for hydroxylation is 1. The lowest BCUT2D eigenvalue weighted by molar-refractivity contribution is -0.147. The van der Waals surface area contributed by atoms with Crippen LogP contribution in [0.2, 0.25) is 5.02 Å². The number of benzene rings is 1. The maximum Gasteiger partial charge on any atom is 0.250 e. The van der Waals surface area contributed by atoms with E-state index in [4.69, 9.17) is 16.3 Å². The fourth-order valence-electron chi connectivity index (χ4n) is 6.01. The van der Waals surface area contributed by atoms with Crippen molar-refractivity contribution in [3.8, 4) is 0 Å². The van der Waals surface area contributed by atoms with Crippen LogP contribution in [0.4, 0.5) is 5.69 Å². The minimum absolute atomic E-state index is 0.271. The topological polar surface area (TPSA) is 108 Å². The van der Waals surface area contributed by atoms with E-state index >= 15 is 0 Å². The normalized spacial score (nSPS) is 33.9. The van der Waals surface area contributed by atoms with Crippen LogP contribution in [0.1, 0.15) is 38.7 Å². The molecule has 1 spiro atoms. The van der Waals surface area contributed by atoms with Gasteiger partial charge in [-0.15, -0.1) is 0 Å². The summed E-state index contributed by atoms with van der Waals surface area (Å²) in [5.41, 5.74) is -0.696. The van der Waals surface area contributed by atoms with E-state index in [0.717, 1.165) is 5.56 Å². The molecule has 0 saturated carbocycles. The van der Waals surface area contributed by atoms with Gasteiger partial charge in [-0.05, 0) is 44.7 Å². The minimum atomic E-state index is -1.13. The largest absolute Gasteiger partial charge is 0.394 e. The molecule has 3 heterocycles. The highest BCUT2D eigenvalue weighted by Crippen LogP contribution is 2.63. The van der Waals surface area contributed by atoms with E-state index in [9.17, 15) is 19.5 Å². The first-order chi connectivity index (χ1) is 15.1. The average Bonchev–Trinajstić information content (AvgIpc) is 3.32. The average molecular weight is 464 g/mol. The molecule has 1 aromatic rings. The zero-order valence-corrected chi connectivity index (χ0v) is 19.5. The molecular formula is C23H30ClN3O5. The van der Waals surface area contributed by atoms with Gasteiger partial charge in [-0.2, -0.15) is 0 Å². The summed E-state index contributed by atoms with van der Waals surface area (Å²) in [6.45, 7) is 5.24. The van der Waals surface area contributed by atoms with E-state index in [1.165, 1.54) is 11.9 Å². The highest BCUT2D eigenvalue weighted by atomic mass is 35.5. The van der Waals surface area contributed by atoms with Gasteiger partial charge in [-0.25, -0.2) is 0 Å². The highest BCUT2D eigenvalue weighted by molar-refractivity contribution is 6.34. The molecule has 8 nitrogen and oxygen atoms in total. The number of likely N-dealkylation sites (tertiary alicyclic amines) is 1. The summed E-state index contributed by atoms with van der Waals surface area (Å²) in [5.74, 6) is -2.51.